The predicted octanol–water partition coefficient (Wildman–Crippen LogP) is 2.73. The zero-order chi connectivity index (χ0) is 8.97. The third-order valence-electron chi connectivity index (χ3n) is 1.52. The van der Waals surface area contributed by atoms with Crippen LogP contribution in [-0.4, -0.2) is 24.0 Å². The predicted molar refractivity (Wildman–Crippen MR) is 65.7 cm³/mol. The molecule has 0 fully saturated rings. The van der Waals surface area contributed by atoms with E-state index in [0.29, 0.717) is 5.88 Å². The summed E-state index contributed by atoms with van der Waals surface area (Å²) < 4.78 is 0. The van der Waals surface area contributed by atoms with E-state index >= 15 is 0 Å². The first-order chi connectivity index (χ1) is 5.72. The summed E-state index contributed by atoms with van der Waals surface area (Å²) in [5, 5.41) is 0. The molecule has 0 N–H and O–H groups in total. The molecule has 2 nitrogen and oxygen atoms in total. The summed E-state index contributed by atoms with van der Waals surface area (Å²) in [4.78, 5) is 6.23. The highest BCUT2D eigenvalue weighted by atomic mass is 35.5. The lowest BCUT2D eigenvalue weighted by molar-refractivity contribution is 0.402. The third kappa shape index (κ3) is 5.66. The second-order valence-electron chi connectivity index (χ2n) is 3.03. The van der Waals surface area contributed by atoms with Gasteiger partial charge in [-0.05, 0) is 31.8 Å². The fraction of sp³-hybridized carbons (Fsp3) is 0.444. The lowest BCUT2D eigenvalue weighted by atomic mass is 10.2. The molecule has 0 saturated carbocycles. The van der Waals surface area contributed by atoms with Gasteiger partial charge >= 0.3 is 0 Å². The van der Waals surface area contributed by atoms with Gasteiger partial charge < -0.3 is 4.90 Å². The van der Waals surface area contributed by atoms with Crippen LogP contribution >= 0.6 is 36.4 Å². The molecule has 0 aliphatic heterocycles. The highest BCUT2D eigenvalue weighted by molar-refractivity contribution is 6.16. The molecule has 1 heterocycles. The Kier molecular flexibility index (Phi) is 9.73. The minimum atomic E-state index is 0. The molecule has 0 aliphatic carbocycles. The van der Waals surface area contributed by atoms with E-state index in [1.54, 1.807) is 6.20 Å². The molecule has 1 rings (SSSR count). The molecular formula is C9H15Cl3N2. The number of hydrogen-bond donors (Lipinski definition) is 0. The lowest BCUT2D eigenvalue weighted by Crippen LogP contribution is -2.10. The van der Waals surface area contributed by atoms with Gasteiger partial charge in [0.2, 0.25) is 0 Å². The minimum absolute atomic E-state index is 0. The molecule has 0 atom stereocenters. The van der Waals surface area contributed by atoms with E-state index in [2.05, 4.69) is 9.88 Å². The van der Waals surface area contributed by atoms with Gasteiger partial charge in [-0.15, -0.1) is 36.4 Å². The Morgan fingerprint density at radius 1 is 1.36 bits per heavy atom. The summed E-state index contributed by atoms with van der Waals surface area (Å²) in [7, 11) is 4.08. The Morgan fingerprint density at radius 3 is 2.50 bits per heavy atom. The van der Waals surface area contributed by atoms with E-state index in [-0.39, 0.29) is 24.8 Å². The fourth-order valence-electron chi connectivity index (χ4n) is 1.06. The Balaban J connectivity index is 0. The van der Waals surface area contributed by atoms with E-state index in [4.69, 9.17) is 11.6 Å². The van der Waals surface area contributed by atoms with E-state index in [0.717, 1.165) is 12.2 Å². The highest BCUT2D eigenvalue weighted by Crippen LogP contribution is 2.05. The summed E-state index contributed by atoms with van der Waals surface area (Å²) >= 11 is 5.66. The van der Waals surface area contributed by atoms with Crippen molar-refractivity contribution in [3.63, 3.8) is 0 Å². The Labute approximate surface area is 102 Å². The van der Waals surface area contributed by atoms with E-state index in [1.807, 2.05) is 26.2 Å². The molecular weight excluding hydrogens is 242 g/mol. The second-order valence-corrected chi connectivity index (χ2v) is 3.29. The van der Waals surface area contributed by atoms with Gasteiger partial charge in [-0.1, -0.05) is 0 Å². The molecule has 0 saturated heterocycles. The van der Waals surface area contributed by atoms with Crippen LogP contribution in [0, 0.1) is 0 Å². The molecule has 0 aliphatic rings. The van der Waals surface area contributed by atoms with Crippen molar-refractivity contribution in [2.75, 3.05) is 14.1 Å². The zero-order valence-corrected chi connectivity index (χ0v) is 10.6. The van der Waals surface area contributed by atoms with Crippen molar-refractivity contribution >= 4 is 36.4 Å². The van der Waals surface area contributed by atoms with Crippen LogP contribution in [0.2, 0.25) is 0 Å². The first kappa shape index (κ1) is 16.4. The molecule has 82 valence electrons. The number of rotatable bonds is 3. The van der Waals surface area contributed by atoms with Crippen LogP contribution in [-0.2, 0) is 12.4 Å². The summed E-state index contributed by atoms with van der Waals surface area (Å²) in [6.07, 6.45) is 1.80. The van der Waals surface area contributed by atoms with Crippen molar-refractivity contribution in [3.8, 4) is 0 Å². The number of hydrogen-bond acceptors (Lipinski definition) is 2. The first-order valence-corrected chi connectivity index (χ1v) is 4.40. The third-order valence-corrected chi connectivity index (χ3v) is 1.79. The maximum Gasteiger partial charge on any atom is 0.0647 e. The summed E-state index contributed by atoms with van der Waals surface area (Å²) in [6.45, 7) is 0.937. The van der Waals surface area contributed by atoms with Crippen LogP contribution in [0.15, 0.2) is 18.3 Å². The largest absolute Gasteiger partial charge is 0.305 e. The molecule has 0 amide bonds. The number of alkyl halides is 1. The summed E-state index contributed by atoms with van der Waals surface area (Å²) in [5.74, 6) is 0.487. The molecule has 5 heteroatoms. The van der Waals surface area contributed by atoms with Crippen LogP contribution in [0.3, 0.4) is 0 Å². The van der Waals surface area contributed by atoms with Crippen molar-refractivity contribution in [1.29, 1.82) is 0 Å². The first-order valence-electron chi connectivity index (χ1n) is 3.87. The second kappa shape index (κ2) is 8.30. The van der Waals surface area contributed by atoms with Gasteiger partial charge in [0.1, 0.15) is 0 Å². The molecule has 14 heavy (non-hydrogen) atoms. The number of halogens is 3. The highest BCUT2D eigenvalue weighted by Gasteiger charge is 1.96. The molecule has 0 unspecified atom stereocenters. The van der Waals surface area contributed by atoms with Crippen LogP contribution < -0.4 is 0 Å². The fourth-order valence-corrected chi connectivity index (χ4v) is 1.21. The van der Waals surface area contributed by atoms with Crippen LogP contribution in [0.5, 0.6) is 0 Å². The minimum Gasteiger partial charge on any atom is -0.305 e. The number of nitrogens with zero attached hydrogens (tertiary/aromatic N) is 2. The molecule has 0 radical (unpaired) electrons. The smallest absolute Gasteiger partial charge is 0.0647 e. The molecule has 0 bridgehead atoms. The van der Waals surface area contributed by atoms with Gasteiger partial charge in [0.15, 0.2) is 0 Å². The molecule has 0 spiro atoms. The summed E-state index contributed by atoms with van der Waals surface area (Å²) in [5.41, 5.74) is 2.20. The number of pyridine rings is 1. The number of aromatic nitrogens is 1. The van der Waals surface area contributed by atoms with E-state index in [1.165, 1.54) is 5.56 Å². The maximum absolute atomic E-state index is 5.66. The Hall–Kier alpha value is -0.0200. The van der Waals surface area contributed by atoms with Gasteiger partial charge in [0.25, 0.3) is 0 Å². The average Bonchev–Trinajstić information content (AvgIpc) is 2.03. The summed E-state index contributed by atoms with van der Waals surface area (Å²) in [6, 6.07) is 4.04. The van der Waals surface area contributed by atoms with Gasteiger partial charge in [-0.2, -0.15) is 0 Å². The maximum atomic E-state index is 5.66. The van der Waals surface area contributed by atoms with Crippen molar-refractivity contribution < 1.29 is 0 Å². The topological polar surface area (TPSA) is 16.1 Å². The van der Waals surface area contributed by atoms with Crippen molar-refractivity contribution in [2.45, 2.75) is 12.4 Å². The zero-order valence-electron chi connectivity index (χ0n) is 8.24. The van der Waals surface area contributed by atoms with E-state index in [9.17, 15) is 0 Å². The van der Waals surface area contributed by atoms with Crippen molar-refractivity contribution in [3.05, 3.63) is 29.6 Å². The van der Waals surface area contributed by atoms with Crippen LogP contribution in [0.4, 0.5) is 0 Å². The molecule has 0 aromatic carbocycles. The average molecular weight is 258 g/mol. The van der Waals surface area contributed by atoms with Gasteiger partial charge in [0.05, 0.1) is 11.6 Å². The Morgan fingerprint density at radius 2 is 2.00 bits per heavy atom. The SMILES string of the molecule is CN(C)Cc1ccnc(CCl)c1.Cl.Cl. The van der Waals surface area contributed by atoms with Crippen molar-refractivity contribution in [1.82, 2.24) is 9.88 Å². The van der Waals surface area contributed by atoms with Gasteiger partial charge in [-0.25, -0.2) is 0 Å². The molecule has 1 aromatic heterocycles. The molecule has 1 aromatic rings. The quantitative estimate of drug-likeness (QED) is 0.774. The van der Waals surface area contributed by atoms with Gasteiger partial charge in [0, 0.05) is 12.7 Å². The van der Waals surface area contributed by atoms with E-state index < -0.39 is 0 Å². The van der Waals surface area contributed by atoms with Gasteiger partial charge in [-0.3, -0.25) is 4.98 Å². The monoisotopic (exact) mass is 256 g/mol. The van der Waals surface area contributed by atoms with Crippen molar-refractivity contribution in [2.24, 2.45) is 0 Å². The standard InChI is InChI=1S/C9H13ClN2.2ClH/c1-12(2)7-8-3-4-11-9(5-8)6-10;;/h3-5H,6-7H2,1-2H3;2*1H. The van der Waals surface area contributed by atoms with Crippen LogP contribution in [0.25, 0.3) is 0 Å². The lowest BCUT2D eigenvalue weighted by Gasteiger charge is -2.09. The Bertz CT molecular complexity index is 254. The normalized spacial score (nSPS) is 9.14. The van der Waals surface area contributed by atoms with Crippen LogP contribution in [0.1, 0.15) is 11.3 Å².